The molecule has 1 N–H and O–H groups in total. The number of carbonyl (C=O) groups excluding carboxylic acids is 1. The van der Waals surface area contributed by atoms with E-state index in [9.17, 15) is 4.79 Å². The molecular formula is C7H11N3O3. The second-order valence-corrected chi connectivity index (χ2v) is 2.37. The van der Waals surface area contributed by atoms with Crippen LogP contribution in [0, 0.1) is 0 Å². The van der Waals surface area contributed by atoms with Crippen LogP contribution in [0.5, 0.6) is 0 Å². The number of amides is 1. The van der Waals surface area contributed by atoms with E-state index < -0.39 is 0 Å². The zero-order valence-corrected chi connectivity index (χ0v) is 7.32. The third kappa shape index (κ3) is 3.66. The number of nitrogens with one attached hydrogen (secondary N) is 1. The lowest BCUT2D eigenvalue weighted by Gasteiger charge is -2.00. The highest BCUT2D eigenvalue weighted by molar-refractivity contribution is 5.77. The Morgan fingerprint density at radius 1 is 1.77 bits per heavy atom. The summed E-state index contributed by atoms with van der Waals surface area (Å²) in [6.45, 7) is 0.550. The molecular weight excluding hydrogens is 174 g/mol. The molecule has 0 aliphatic rings. The van der Waals surface area contributed by atoms with Crippen molar-refractivity contribution in [3.05, 3.63) is 12.2 Å². The molecule has 1 heterocycles. The Labute approximate surface area is 75.3 Å². The molecule has 1 aromatic rings. The Kier molecular flexibility index (Phi) is 3.90. The number of methoxy groups -OCH3 is 1. The van der Waals surface area contributed by atoms with Crippen LogP contribution >= 0.6 is 0 Å². The number of ether oxygens (including phenoxy) is 1. The minimum atomic E-state index is -0.151. The maximum absolute atomic E-state index is 10.9. The minimum absolute atomic E-state index is 0.0732. The molecule has 0 bridgehead atoms. The SMILES string of the molecule is COCC(=O)NCCc1ncno1. The standard InChI is InChI=1S/C7H11N3O3/c1-12-4-6(11)8-3-2-7-9-5-10-13-7/h5H,2-4H2,1H3,(H,8,11). The second-order valence-electron chi connectivity index (χ2n) is 2.37. The number of hydrogen-bond acceptors (Lipinski definition) is 5. The maximum Gasteiger partial charge on any atom is 0.245 e. The van der Waals surface area contributed by atoms with Gasteiger partial charge in [-0.05, 0) is 0 Å². The van der Waals surface area contributed by atoms with Gasteiger partial charge in [-0.2, -0.15) is 4.98 Å². The highest BCUT2D eigenvalue weighted by Gasteiger charge is 2.01. The van der Waals surface area contributed by atoms with Gasteiger partial charge in [-0.15, -0.1) is 0 Å². The Bertz CT molecular complexity index is 247. The van der Waals surface area contributed by atoms with Crippen LogP contribution in [0.4, 0.5) is 0 Å². The average molecular weight is 185 g/mol. The largest absolute Gasteiger partial charge is 0.375 e. The monoisotopic (exact) mass is 185 g/mol. The molecule has 1 amide bonds. The van der Waals surface area contributed by atoms with Crippen LogP contribution in [0.1, 0.15) is 5.89 Å². The topological polar surface area (TPSA) is 77.2 Å². The van der Waals surface area contributed by atoms with Crippen molar-refractivity contribution in [2.75, 3.05) is 20.3 Å². The van der Waals surface area contributed by atoms with Gasteiger partial charge in [-0.25, -0.2) is 0 Å². The van der Waals surface area contributed by atoms with E-state index in [0.717, 1.165) is 0 Å². The van der Waals surface area contributed by atoms with Crippen molar-refractivity contribution in [3.63, 3.8) is 0 Å². The van der Waals surface area contributed by atoms with Gasteiger partial charge >= 0.3 is 0 Å². The molecule has 13 heavy (non-hydrogen) atoms. The van der Waals surface area contributed by atoms with Crippen LogP contribution < -0.4 is 5.32 Å². The van der Waals surface area contributed by atoms with Crippen LogP contribution in [0.3, 0.4) is 0 Å². The van der Waals surface area contributed by atoms with Crippen molar-refractivity contribution in [1.29, 1.82) is 0 Å². The Balaban J connectivity index is 2.11. The highest BCUT2D eigenvalue weighted by Crippen LogP contribution is 1.90. The molecule has 0 saturated carbocycles. The molecule has 0 aliphatic heterocycles. The Hall–Kier alpha value is -1.43. The summed E-state index contributed by atoms with van der Waals surface area (Å²) in [5.41, 5.74) is 0. The van der Waals surface area contributed by atoms with Crippen LogP contribution in [0.15, 0.2) is 10.9 Å². The second kappa shape index (κ2) is 5.26. The lowest BCUT2D eigenvalue weighted by atomic mass is 10.4. The number of aromatic nitrogens is 2. The molecule has 6 heteroatoms. The normalized spacial score (nSPS) is 9.92. The lowest BCUT2D eigenvalue weighted by molar-refractivity contribution is -0.124. The van der Waals surface area contributed by atoms with Crippen molar-refractivity contribution in [2.45, 2.75) is 6.42 Å². The summed E-state index contributed by atoms with van der Waals surface area (Å²) in [5.74, 6) is 0.361. The van der Waals surface area contributed by atoms with E-state index in [1.807, 2.05) is 0 Å². The van der Waals surface area contributed by atoms with E-state index in [-0.39, 0.29) is 12.5 Å². The summed E-state index contributed by atoms with van der Waals surface area (Å²) in [6.07, 6.45) is 1.86. The van der Waals surface area contributed by atoms with Crippen molar-refractivity contribution in [2.24, 2.45) is 0 Å². The van der Waals surface area contributed by atoms with E-state index in [4.69, 9.17) is 4.52 Å². The van der Waals surface area contributed by atoms with E-state index >= 15 is 0 Å². The molecule has 1 aromatic heterocycles. The quantitative estimate of drug-likeness (QED) is 0.661. The van der Waals surface area contributed by atoms with Crippen molar-refractivity contribution < 1.29 is 14.1 Å². The molecule has 0 fully saturated rings. The van der Waals surface area contributed by atoms with E-state index in [2.05, 4.69) is 20.2 Å². The molecule has 0 aliphatic carbocycles. The third-order valence-corrected chi connectivity index (χ3v) is 1.34. The van der Waals surface area contributed by atoms with E-state index in [1.54, 1.807) is 0 Å². The van der Waals surface area contributed by atoms with Gasteiger partial charge in [0.25, 0.3) is 0 Å². The first-order valence-electron chi connectivity index (χ1n) is 3.84. The number of rotatable bonds is 5. The van der Waals surface area contributed by atoms with Crippen LogP contribution in [0.25, 0.3) is 0 Å². The van der Waals surface area contributed by atoms with Crippen molar-refractivity contribution in [3.8, 4) is 0 Å². The summed E-state index contributed by atoms with van der Waals surface area (Å²) in [6, 6.07) is 0. The first-order chi connectivity index (χ1) is 6.33. The number of carbonyl (C=O) groups is 1. The molecule has 0 atom stereocenters. The van der Waals surface area contributed by atoms with Gasteiger partial charge in [0, 0.05) is 20.1 Å². The first-order valence-corrected chi connectivity index (χ1v) is 3.84. The summed E-state index contributed by atoms with van der Waals surface area (Å²) in [5, 5.41) is 6.06. The van der Waals surface area contributed by atoms with Gasteiger partial charge in [0.2, 0.25) is 11.8 Å². The molecule has 0 radical (unpaired) electrons. The third-order valence-electron chi connectivity index (χ3n) is 1.34. The zero-order valence-electron chi connectivity index (χ0n) is 7.32. The molecule has 1 rings (SSSR count). The van der Waals surface area contributed by atoms with E-state index in [1.165, 1.54) is 13.4 Å². The molecule has 72 valence electrons. The van der Waals surface area contributed by atoms with Gasteiger partial charge in [0.05, 0.1) is 0 Å². The molecule has 0 unspecified atom stereocenters. The average Bonchev–Trinajstić information content (AvgIpc) is 2.57. The lowest BCUT2D eigenvalue weighted by Crippen LogP contribution is -2.29. The maximum atomic E-state index is 10.9. The van der Waals surface area contributed by atoms with Gasteiger partial charge in [-0.3, -0.25) is 4.79 Å². The smallest absolute Gasteiger partial charge is 0.245 e. The Morgan fingerprint density at radius 3 is 3.23 bits per heavy atom. The minimum Gasteiger partial charge on any atom is -0.375 e. The van der Waals surface area contributed by atoms with Crippen LogP contribution in [-0.2, 0) is 16.0 Å². The van der Waals surface area contributed by atoms with Crippen molar-refractivity contribution in [1.82, 2.24) is 15.5 Å². The number of nitrogens with zero attached hydrogens (tertiary/aromatic N) is 2. The first kappa shape index (κ1) is 9.66. The summed E-state index contributed by atoms with van der Waals surface area (Å²) >= 11 is 0. The fourth-order valence-corrected chi connectivity index (χ4v) is 0.797. The van der Waals surface area contributed by atoms with Gasteiger partial charge < -0.3 is 14.6 Å². The molecule has 0 aromatic carbocycles. The van der Waals surface area contributed by atoms with Gasteiger partial charge in [0.1, 0.15) is 6.61 Å². The Morgan fingerprint density at radius 2 is 2.62 bits per heavy atom. The highest BCUT2D eigenvalue weighted by atomic mass is 16.5. The predicted octanol–water partition coefficient (Wildman–Crippen LogP) is -0.625. The molecule has 0 spiro atoms. The van der Waals surface area contributed by atoms with E-state index in [0.29, 0.717) is 18.9 Å². The molecule has 6 nitrogen and oxygen atoms in total. The molecule has 0 saturated heterocycles. The van der Waals surface area contributed by atoms with Crippen molar-refractivity contribution >= 4 is 5.91 Å². The van der Waals surface area contributed by atoms with Crippen LogP contribution in [-0.4, -0.2) is 36.3 Å². The predicted molar refractivity (Wildman–Crippen MR) is 42.9 cm³/mol. The summed E-state index contributed by atoms with van der Waals surface area (Å²) in [4.78, 5) is 14.7. The fourth-order valence-electron chi connectivity index (χ4n) is 0.797. The zero-order chi connectivity index (χ0) is 9.52. The number of hydrogen-bond donors (Lipinski definition) is 1. The fraction of sp³-hybridized carbons (Fsp3) is 0.571. The summed E-state index contributed by atoms with van der Waals surface area (Å²) in [7, 11) is 1.47. The van der Waals surface area contributed by atoms with Crippen LogP contribution in [0.2, 0.25) is 0 Å². The van der Waals surface area contributed by atoms with Gasteiger partial charge in [-0.1, -0.05) is 5.16 Å². The van der Waals surface area contributed by atoms with Gasteiger partial charge in [0.15, 0.2) is 6.33 Å². The summed E-state index contributed by atoms with van der Waals surface area (Å²) < 4.78 is 9.36.